The quantitative estimate of drug-likeness (QED) is 0.749. The number of hydrogen-bond acceptors (Lipinski definition) is 2. The number of benzene rings is 2. The van der Waals surface area contributed by atoms with Crippen LogP contribution in [-0.4, -0.2) is 21.0 Å². The Kier molecular flexibility index (Phi) is 5.45. The van der Waals surface area contributed by atoms with Crippen molar-refractivity contribution in [1.29, 1.82) is 0 Å². The van der Waals surface area contributed by atoms with Gasteiger partial charge in [-0.25, -0.2) is 0 Å². The van der Waals surface area contributed by atoms with Crippen LogP contribution in [0.1, 0.15) is 33.6 Å². The highest BCUT2D eigenvalue weighted by atomic mass is 28.4. The maximum atomic E-state index is 6.89. The Balaban J connectivity index is 2.03. The van der Waals surface area contributed by atoms with Gasteiger partial charge in [-0.3, -0.25) is 0 Å². The molecule has 0 fully saturated rings. The van der Waals surface area contributed by atoms with Crippen molar-refractivity contribution >= 4 is 18.7 Å². The van der Waals surface area contributed by atoms with Crippen LogP contribution in [0.2, 0.25) is 5.04 Å². The molecular weight excluding hydrogens is 324 g/mol. The van der Waals surface area contributed by atoms with Gasteiger partial charge in [0.2, 0.25) is 0 Å². The summed E-state index contributed by atoms with van der Waals surface area (Å²) >= 11 is 0. The molecule has 0 bridgehead atoms. The van der Waals surface area contributed by atoms with Crippen molar-refractivity contribution in [2.45, 2.75) is 44.8 Å². The molecule has 2 nitrogen and oxygen atoms in total. The van der Waals surface area contributed by atoms with Crippen molar-refractivity contribution in [1.82, 2.24) is 0 Å². The van der Waals surface area contributed by atoms with Crippen LogP contribution in [0.25, 0.3) is 0 Å². The second kappa shape index (κ2) is 7.59. The van der Waals surface area contributed by atoms with E-state index in [1.165, 1.54) is 10.4 Å². The van der Waals surface area contributed by atoms with Crippen LogP contribution >= 0.6 is 0 Å². The summed E-state index contributed by atoms with van der Waals surface area (Å²) in [6.45, 7) is 7.56. The predicted octanol–water partition coefficient (Wildman–Crippen LogP) is 4.26. The first-order valence-electron chi connectivity index (χ1n) is 9.09. The monoisotopic (exact) mass is 352 g/mol. The van der Waals surface area contributed by atoms with Gasteiger partial charge in [-0.05, 0) is 34.3 Å². The lowest BCUT2D eigenvalue weighted by Gasteiger charge is -2.43. The van der Waals surface area contributed by atoms with E-state index in [2.05, 4.69) is 87.5 Å². The fraction of sp³-hybridized carbons (Fsp3) is 0.364. The van der Waals surface area contributed by atoms with Crippen molar-refractivity contribution in [3.8, 4) is 0 Å². The molecule has 3 rings (SSSR count). The third-order valence-electron chi connectivity index (χ3n) is 4.93. The standard InChI is InChI=1S/C22H28O2Si/c1-22(2,3)25(20-13-6-4-7-14-20,21-15-8-5-9-16-21)24-18-19-12-10-11-17-23-19/h4-9,11,13-17,19H,10,12,18H2,1-3H3. The summed E-state index contributed by atoms with van der Waals surface area (Å²) in [5.74, 6) is 0. The van der Waals surface area contributed by atoms with Crippen LogP contribution in [0.15, 0.2) is 73.0 Å². The second-order valence-electron chi connectivity index (χ2n) is 7.68. The van der Waals surface area contributed by atoms with Gasteiger partial charge in [-0.2, -0.15) is 0 Å². The SMILES string of the molecule is CC(C)(C)[Si](OCC1CCC=CO1)(c1ccccc1)c1ccccc1. The average Bonchev–Trinajstić information content (AvgIpc) is 2.64. The van der Waals surface area contributed by atoms with E-state index < -0.39 is 8.32 Å². The Morgan fingerprint density at radius 3 is 1.96 bits per heavy atom. The van der Waals surface area contributed by atoms with E-state index in [1.54, 1.807) is 0 Å². The Hall–Kier alpha value is -1.84. The average molecular weight is 353 g/mol. The molecule has 132 valence electrons. The van der Waals surface area contributed by atoms with E-state index in [0.29, 0.717) is 6.61 Å². The molecule has 0 spiro atoms. The normalized spacial score (nSPS) is 18.0. The Morgan fingerprint density at radius 1 is 0.960 bits per heavy atom. The summed E-state index contributed by atoms with van der Waals surface area (Å²) in [7, 11) is -2.44. The summed E-state index contributed by atoms with van der Waals surface area (Å²) < 4.78 is 12.7. The first-order chi connectivity index (χ1) is 12.0. The molecule has 1 aliphatic rings. The topological polar surface area (TPSA) is 18.5 Å². The van der Waals surface area contributed by atoms with Crippen LogP contribution < -0.4 is 10.4 Å². The Morgan fingerprint density at radius 2 is 1.52 bits per heavy atom. The summed E-state index contributed by atoms with van der Waals surface area (Å²) in [6.07, 6.45) is 6.14. The van der Waals surface area contributed by atoms with Crippen LogP contribution in [0, 0.1) is 0 Å². The first kappa shape index (κ1) is 18.0. The molecule has 25 heavy (non-hydrogen) atoms. The highest BCUT2D eigenvalue weighted by Gasteiger charge is 2.50. The highest BCUT2D eigenvalue weighted by molar-refractivity contribution is 6.99. The van der Waals surface area contributed by atoms with Gasteiger partial charge in [0.15, 0.2) is 0 Å². The van der Waals surface area contributed by atoms with Crippen molar-refractivity contribution < 1.29 is 9.16 Å². The zero-order valence-corrected chi connectivity index (χ0v) is 16.4. The first-order valence-corrected chi connectivity index (χ1v) is 11.0. The molecule has 0 saturated carbocycles. The zero-order valence-electron chi connectivity index (χ0n) is 15.4. The van der Waals surface area contributed by atoms with E-state index in [1.807, 2.05) is 6.26 Å². The molecule has 0 N–H and O–H groups in total. The van der Waals surface area contributed by atoms with Gasteiger partial charge >= 0.3 is 0 Å². The molecule has 0 aliphatic carbocycles. The minimum Gasteiger partial charge on any atom is -0.496 e. The van der Waals surface area contributed by atoms with Gasteiger partial charge in [0.1, 0.15) is 6.10 Å². The molecule has 1 atom stereocenters. The van der Waals surface area contributed by atoms with E-state index in [-0.39, 0.29) is 11.1 Å². The number of rotatable bonds is 5. The van der Waals surface area contributed by atoms with Crippen LogP contribution in [-0.2, 0) is 9.16 Å². The van der Waals surface area contributed by atoms with Crippen molar-refractivity contribution in [2.75, 3.05) is 6.61 Å². The van der Waals surface area contributed by atoms with Gasteiger partial charge in [-0.1, -0.05) is 81.4 Å². The molecule has 2 aromatic rings. The molecule has 0 saturated heterocycles. The van der Waals surface area contributed by atoms with Gasteiger partial charge in [0.05, 0.1) is 12.9 Å². The molecule has 0 radical (unpaired) electrons. The molecular formula is C22H28O2Si. The lowest BCUT2D eigenvalue weighted by molar-refractivity contribution is 0.0693. The van der Waals surface area contributed by atoms with Crippen LogP contribution in [0.5, 0.6) is 0 Å². The predicted molar refractivity (Wildman–Crippen MR) is 107 cm³/mol. The van der Waals surface area contributed by atoms with Gasteiger partial charge < -0.3 is 9.16 Å². The van der Waals surface area contributed by atoms with Crippen LogP contribution in [0.4, 0.5) is 0 Å². The molecule has 0 amide bonds. The molecule has 1 heterocycles. The summed E-state index contributed by atoms with van der Waals surface area (Å²) in [4.78, 5) is 0. The van der Waals surface area contributed by atoms with E-state index in [0.717, 1.165) is 12.8 Å². The van der Waals surface area contributed by atoms with Gasteiger partial charge in [0, 0.05) is 0 Å². The minimum atomic E-state index is -2.44. The third-order valence-corrected chi connectivity index (χ3v) is 9.93. The summed E-state index contributed by atoms with van der Waals surface area (Å²) in [5.41, 5.74) is 0. The molecule has 2 aromatic carbocycles. The van der Waals surface area contributed by atoms with E-state index in [9.17, 15) is 0 Å². The molecule has 3 heteroatoms. The fourth-order valence-electron chi connectivity index (χ4n) is 3.69. The lowest BCUT2D eigenvalue weighted by atomic mass is 10.2. The second-order valence-corrected chi connectivity index (χ2v) is 12.0. The number of allylic oxidation sites excluding steroid dienone is 1. The van der Waals surface area contributed by atoms with E-state index >= 15 is 0 Å². The molecule has 0 aromatic heterocycles. The third kappa shape index (κ3) is 3.73. The molecule has 1 unspecified atom stereocenters. The van der Waals surface area contributed by atoms with Gasteiger partial charge in [0.25, 0.3) is 8.32 Å². The Labute approximate surface area is 152 Å². The highest BCUT2D eigenvalue weighted by Crippen LogP contribution is 2.37. The smallest absolute Gasteiger partial charge is 0.261 e. The summed E-state index contributed by atoms with van der Waals surface area (Å²) in [6, 6.07) is 21.5. The Bertz CT molecular complexity index is 649. The number of hydrogen-bond donors (Lipinski definition) is 0. The number of ether oxygens (including phenoxy) is 1. The summed E-state index contributed by atoms with van der Waals surface area (Å²) in [5, 5.41) is 2.65. The largest absolute Gasteiger partial charge is 0.496 e. The zero-order chi connectivity index (χ0) is 17.8. The van der Waals surface area contributed by atoms with Crippen molar-refractivity contribution in [3.63, 3.8) is 0 Å². The fourth-order valence-corrected chi connectivity index (χ4v) is 8.28. The van der Waals surface area contributed by atoms with E-state index in [4.69, 9.17) is 9.16 Å². The van der Waals surface area contributed by atoms with Crippen molar-refractivity contribution in [2.24, 2.45) is 0 Å². The lowest BCUT2D eigenvalue weighted by Crippen LogP contribution is -2.67. The van der Waals surface area contributed by atoms with Crippen molar-refractivity contribution in [3.05, 3.63) is 73.0 Å². The van der Waals surface area contributed by atoms with Crippen LogP contribution in [0.3, 0.4) is 0 Å². The maximum absolute atomic E-state index is 6.89. The minimum absolute atomic E-state index is 0.0141. The van der Waals surface area contributed by atoms with Gasteiger partial charge in [-0.15, -0.1) is 0 Å². The maximum Gasteiger partial charge on any atom is 0.261 e. The molecule has 1 aliphatic heterocycles.